The van der Waals surface area contributed by atoms with E-state index in [0.29, 0.717) is 29.9 Å². The van der Waals surface area contributed by atoms with Gasteiger partial charge in [0.05, 0.1) is 13.2 Å². The molecule has 3 aliphatic heterocycles. The van der Waals surface area contributed by atoms with Crippen LogP contribution in [0.4, 0.5) is 5.82 Å². The van der Waals surface area contributed by atoms with Crippen molar-refractivity contribution >= 4 is 11.7 Å². The summed E-state index contributed by atoms with van der Waals surface area (Å²) in [7, 11) is 0. The first-order valence-corrected chi connectivity index (χ1v) is 8.72. The third kappa shape index (κ3) is 2.46. The minimum atomic E-state index is -0.113. The van der Waals surface area contributed by atoms with Gasteiger partial charge in [0.15, 0.2) is 5.82 Å². The third-order valence-corrected chi connectivity index (χ3v) is 5.32. The number of aromatic nitrogens is 3. The van der Waals surface area contributed by atoms with E-state index in [2.05, 4.69) is 20.2 Å². The summed E-state index contributed by atoms with van der Waals surface area (Å²) >= 11 is 0. The van der Waals surface area contributed by atoms with Crippen LogP contribution in [-0.4, -0.2) is 53.7 Å². The van der Waals surface area contributed by atoms with E-state index >= 15 is 0 Å². The maximum Gasteiger partial charge on any atom is 0.270 e. The lowest BCUT2D eigenvalue weighted by Gasteiger charge is -2.26. The predicted molar refractivity (Wildman–Crippen MR) is 91.3 cm³/mol. The number of nitrogens with one attached hydrogen (secondary N) is 1. The molecule has 2 saturated heterocycles. The van der Waals surface area contributed by atoms with Crippen molar-refractivity contribution in [1.29, 1.82) is 0 Å². The Morgan fingerprint density at radius 3 is 2.80 bits per heavy atom. The monoisotopic (exact) mass is 337 g/mol. The van der Waals surface area contributed by atoms with Crippen LogP contribution in [0.1, 0.15) is 16.1 Å². The van der Waals surface area contributed by atoms with Gasteiger partial charge in [0, 0.05) is 55.0 Å². The van der Waals surface area contributed by atoms with E-state index in [1.807, 2.05) is 12.1 Å². The molecule has 2 fully saturated rings. The molecule has 5 rings (SSSR count). The van der Waals surface area contributed by atoms with Crippen LogP contribution in [0.3, 0.4) is 0 Å². The lowest BCUT2D eigenvalue weighted by molar-refractivity contribution is 0.0940. The number of amides is 1. The van der Waals surface area contributed by atoms with Crippen molar-refractivity contribution in [2.24, 2.45) is 11.8 Å². The Morgan fingerprint density at radius 1 is 1.20 bits per heavy atom. The molecule has 0 aromatic carbocycles. The van der Waals surface area contributed by atoms with Crippen LogP contribution >= 0.6 is 0 Å². The molecule has 7 nitrogen and oxygen atoms in total. The second-order valence-electron chi connectivity index (χ2n) is 6.91. The number of pyridine rings is 1. The van der Waals surface area contributed by atoms with Gasteiger partial charge in [-0.1, -0.05) is 0 Å². The first kappa shape index (κ1) is 14.8. The van der Waals surface area contributed by atoms with E-state index in [1.54, 1.807) is 12.4 Å². The maximum atomic E-state index is 12.4. The van der Waals surface area contributed by atoms with E-state index in [0.717, 1.165) is 49.7 Å². The summed E-state index contributed by atoms with van der Waals surface area (Å²) in [6, 6.07) is 3.78. The predicted octanol–water partition coefficient (Wildman–Crippen LogP) is 0.907. The van der Waals surface area contributed by atoms with Crippen molar-refractivity contribution in [3.8, 4) is 11.4 Å². The summed E-state index contributed by atoms with van der Waals surface area (Å²) in [6.07, 6.45) is 4.22. The van der Waals surface area contributed by atoms with E-state index in [9.17, 15) is 4.79 Å². The number of carbonyl (C=O) groups excluding carboxylic acids is 1. The molecule has 0 spiro atoms. The fourth-order valence-corrected chi connectivity index (χ4v) is 4.02. The van der Waals surface area contributed by atoms with Gasteiger partial charge in [0.1, 0.15) is 11.5 Å². The molecule has 0 bridgehead atoms. The average Bonchev–Trinajstić information content (AvgIpc) is 3.24. The third-order valence-electron chi connectivity index (χ3n) is 5.32. The van der Waals surface area contributed by atoms with Crippen LogP contribution in [-0.2, 0) is 11.2 Å². The molecule has 5 heterocycles. The van der Waals surface area contributed by atoms with Gasteiger partial charge in [0.2, 0.25) is 0 Å². The highest BCUT2D eigenvalue weighted by Crippen LogP contribution is 2.35. The Hall–Kier alpha value is -2.54. The summed E-state index contributed by atoms with van der Waals surface area (Å²) in [6.45, 7) is 4.15. The van der Waals surface area contributed by atoms with Gasteiger partial charge >= 0.3 is 0 Å². The molecule has 2 aromatic heterocycles. The molecule has 2 aromatic rings. The largest absolute Gasteiger partial charge is 0.381 e. The van der Waals surface area contributed by atoms with E-state index in [-0.39, 0.29) is 5.91 Å². The first-order chi connectivity index (χ1) is 12.3. The number of carbonyl (C=O) groups is 1. The molecule has 2 atom stereocenters. The Kier molecular flexibility index (Phi) is 3.41. The molecule has 0 saturated carbocycles. The molecule has 0 aliphatic carbocycles. The van der Waals surface area contributed by atoms with Gasteiger partial charge in [-0.2, -0.15) is 0 Å². The minimum absolute atomic E-state index is 0.113. The lowest BCUT2D eigenvalue weighted by Crippen LogP contribution is -2.35. The summed E-state index contributed by atoms with van der Waals surface area (Å²) in [5.41, 5.74) is 2.30. The van der Waals surface area contributed by atoms with Crippen molar-refractivity contribution in [2.75, 3.05) is 37.7 Å². The fourth-order valence-electron chi connectivity index (χ4n) is 4.02. The van der Waals surface area contributed by atoms with Crippen LogP contribution in [0.5, 0.6) is 0 Å². The Morgan fingerprint density at radius 2 is 2.04 bits per heavy atom. The molecular formula is C18H19N5O2. The average molecular weight is 337 g/mol. The Bertz CT molecular complexity index is 814. The number of hydrogen-bond donors (Lipinski definition) is 1. The number of ether oxygens (including phenoxy) is 1. The molecule has 3 aliphatic rings. The van der Waals surface area contributed by atoms with E-state index in [1.165, 1.54) is 0 Å². The van der Waals surface area contributed by atoms with Crippen molar-refractivity contribution < 1.29 is 9.53 Å². The second kappa shape index (κ2) is 5.77. The number of fused-ring (bicyclic) bond motifs is 2. The van der Waals surface area contributed by atoms with Gasteiger partial charge in [-0.15, -0.1) is 0 Å². The Balaban J connectivity index is 1.61. The van der Waals surface area contributed by atoms with E-state index < -0.39 is 0 Å². The van der Waals surface area contributed by atoms with Gasteiger partial charge in [-0.05, 0) is 18.6 Å². The van der Waals surface area contributed by atoms with Crippen LogP contribution in [0.25, 0.3) is 11.4 Å². The zero-order valence-electron chi connectivity index (χ0n) is 13.8. The summed E-state index contributed by atoms with van der Waals surface area (Å²) in [5, 5.41) is 2.89. The standard InChI is InChI=1S/C18H19N5O2/c24-18-15-14(3-5-20-18)17(23-7-12-9-25-10-13(12)8-23)22-16(21-15)11-2-1-4-19-6-11/h1-2,4,6,12-13H,3,5,7-10H2,(H,20,24)/t12-,13+. The van der Waals surface area contributed by atoms with Crippen LogP contribution in [0.2, 0.25) is 0 Å². The lowest BCUT2D eigenvalue weighted by atomic mass is 10.0. The number of anilines is 1. The van der Waals surface area contributed by atoms with Crippen molar-refractivity contribution in [3.05, 3.63) is 35.8 Å². The van der Waals surface area contributed by atoms with Gasteiger partial charge in [-0.3, -0.25) is 9.78 Å². The van der Waals surface area contributed by atoms with Gasteiger partial charge < -0.3 is 15.0 Å². The van der Waals surface area contributed by atoms with Gasteiger partial charge in [-0.25, -0.2) is 9.97 Å². The van der Waals surface area contributed by atoms with Crippen molar-refractivity contribution in [1.82, 2.24) is 20.3 Å². The van der Waals surface area contributed by atoms with Crippen LogP contribution in [0, 0.1) is 11.8 Å². The highest BCUT2D eigenvalue weighted by Gasteiger charge is 2.39. The Labute approximate surface area is 145 Å². The molecule has 7 heteroatoms. The summed E-state index contributed by atoms with van der Waals surface area (Å²) in [5.74, 6) is 2.48. The van der Waals surface area contributed by atoms with E-state index in [4.69, 9.17) is 9.72 Å². The molecule has 25 heavy (non-hydrogen) atoms. The number of rotatable bonds is 2. The van der Waals surface area contributed by atoms with Gasteiger partial charge in [0.25, 0.3) is 5.91 Å². The molecule has 1 amide bonds. The zero-order valence-corrected chi connectivity index (χ0v) is 13.8. The molecule has 1 N–H and O–H groups in total. The highest BCUT2D eigenvalue weighted by atomic mass is 16.5. The topological polar surface area (TPSA) is 80.2 Å². The van der Waals surface area contributed by atoms with Crippen LogP contribution < -0.4 is 10.2 Å². The number of nitrogens with zero attached hydrogens (tertiary/aromatic N) is 4. The zero-order chi connectivity index (χ0) is 16.8. The molecule has 0 radical (unpaired) electrons. The smallest absolute Gasteiger partial charge is 0.270 e. The van der Waals surface area contributed by atoms with Crippen molar-refractivity contribution in [2.45, 2.75) is 6.42 Å². The molecule has 128 valence electrons. The first-order valence-electron chi connectivity index (χ1n) is 8.72. The minimum Gasteiger partial charge on any atom is -0.381 e. The van der Waals surface area contributed by atoms with Crippen LogP contribution in [0.15, 0.2) is 24.5 Å². The molecule has 0 unspecified atom stereocenters. The highest BCUT2D eigenvalue weighted by molar-refractivity contribution is 5.96. The normalized spacial score (nSPS) is 24.8. The van der Waals surface area contributed by atoms with Crippen molar-refractivity contribution in [3.63, 3.8) is 0 Å². The summed E-state index contributed by atoms with van der Waals surface area (Å²) in [4.78, 5) is 28.3. The quantitative estimate of drug-likeness (QED) is 0.877. The SMILES string of the molecule is O=C1NCCc2c1nc(-c1cccnc1)nc2N1C[C@H]2COC[C@H]2C1. The summed E-state index contributed by atoms with van der Waals surface area (Å²) < 4.78 is 5.59. The molecular weight excluding hydrogens is 318 g/mol. The second-order valence-corrected chi connectivity index (χ2v) is 6.91. The maximum absolute atomic E-state index is 12.4. The fraction of sp³-hybridized carbons (Fsp3) is 0.444. The number of hydrogen-bond acceptors (Lipinski definition) is 6.